The van der Waals surface area contributed by atoms with Gasteiger partial charge in [-0.2, -0.15) is 0 Å². The molecular formula is C20H23NO4. The molecule has 2 aromatic carbocycles. The molecule has 0 fully saturated rings. The minimum Gasteiger partial charge on any atom is -0.496 e. The zero-order valence-corrected chi connectivity index (χ0v) is 14.5. The van der Waals surface area contributed by atoms with Crippen LogP contribution >= 0.6 is 0 Å². The van der Waals surface area contributed by atoms with Crippen molar-refractivity contribution in [1.82, 2.24) is 5.32 Å². The molecule has 0 atom stereocenters. The second-order valence-electron chi connectivity index (χ2n) is 5.28. The van der Waals surface area contributed by atoms with Gasteiger partial charge < -0.3 is 19.5 Å². The van der Waals surface area contributed by atoms with Crippen LogP contribution in [0.4, 0.5) is 0 Å². The van der Waals surface area contributed by atoms with Gasteiger partial charge in [0.05, 0.1) is 13.7 Å². The maximum absolute atomic E-state index is 12.0. The van der Waals surface area contributed by atoms with E-state index in [1.54, 1.807) is 20.3 Å². The highest BCUT2D eigenvalue weighted by molar-refractivity contribution is 5.92. The van der Waals surface area contributed by atoms with Crippen molar-refractivity contribution in [2.45, 2.75) is 6.54 Å². The number of para-hydroxylation sites is 1. The number of rotatable bonds is 9. The summed E-state index contributed by atoms with van der Waals surface area (Å²) in [5.74, 6) is 1.35. The van der Waals surface area contributed by atoms with Crippen molar-refractivity contribution in [2.24, 2.45) is 0 Å². The van der Waals surface area contributed by atoms with E-state index >= 15 is 0 Å². The first kappa shape index (κ1) is 18.5. The number of carbonyl (C=O) groups excluding carboxylic acids is 1. The molecule has 0 aliphatic heterocycles. The quantitative estimate of drug-likeness (QED) is 0.563. The fourth-order valence-corrected chi connectivity index (χ4v) is 2.16. The van der Waals surface area contributed by atoms with Gasteiger partial charge in [-0.05, 0) is 29.8 Å². The lowest BCUT2D eigenvalue weighted by atomic mass is 10.2. The molecule has 0 aliphatic carbocycles. The van der Waals surface area contributed by atoms with Gasteiger partial charge in [0, 0.05) is 25.3 Å². The fraction of sp³-hybridized carbons (Fsp3) is 0.250. The molecule has 25 heavy (non-hydrogen) atoms. The minimum atomic E-state index is -0.161. The molecule has 0 aliphatic rings. The van der Waals surface area contributed by atoms with Crippen molar-refractivity contribution >= 4 is 12.0 Å². The van der Waals surface area contributed by atoms with Crippen molar-refractivity contribution < 1.29 is 19.0 Å². The Hall–Kier alpha value is -2.79. The molecule has 1 N–H and O–H groups in total. The SMILES string of the molecule is COCCOc1ccc(CNC(=O)/C=C/c2ccccc2OC)cc1. The van der Waals surface area contributed by atoms with E-state index in [-0.39, 0.29) is 5.91 Å². The summed E-state index contributed by atoms with van der Waals surface area (Å²) in [5.41, 5.74) is 1.86. The number of hydrogen-bond donors (Lipinski definition) is 1. The highest BCUT2D eigenvalue weighted by Gasteiger charge is 2.01. The third kappa shape index (κ3) is 6.31. The number of ether oxygens (including phenoxy) is 3. The third-order valence-corrected chi connectivity index (χ3v) is 3.50. The van der Waals surface area contributed by atoms with Crippen LogP contribution in [-0.2, 0) is 16.1 Å². The van der Waals surface area contributed by atoms with Crippen LogP contribution < -0.4 is 14.8 Å². The normalized spacial score (nSPS) is 10.6. The van der Waals surface area contributed by atoms with E-state index in [0.29, 0.717) is 19.8 Å². The van der Waals surface area contributed by atoms with Gasteiger partial charge in [-0.15, -0.1) is 0 Å². The first-order valence-electron chi connectivity index (χ1n) is 8.02. The van der Waals surface area contributed by atoms with E-state index < -0.39 is 0 Å². The highest BCUT2D eigenvalue weighted by Crippen LogP contribution is 2.18. The molecule has 0 aromatic heterocycles. The Labute approximate surface area is 148 Å². The van der Waals surface area contributed by atoms with Gasteiger partial charge in [-0.1, -0.05) is 30.3 Å². The lowest BCUT2D eigenvalue weighted by molar-refractivity contribution is -0.116. The van der Waals surface area contributed by atoms with Crippen LogP contribution in [0, 0.1) is 0 Å². The molecule has 0 radical (unpaired) electrons. The average Bonchev–Trinajstić information content (AvgIpc) is 2.66. The third-order valence-electron chi connectivity index (χ3n) is 3.50. The van der Waals surface area contributed by atoms with Crippen molar-refractivity contribution in [3.8, 4) is 11.5 Å². The molecule has 1 amide bonds. The fourth-order valence-electron chi connectivity index (χ4n) is 2.16. The van der Waals surface area contributed by atoms with E-state index in [1.807, 2.05) is 48.5 Å². The predicted octanol–water partition coefficient (Wildman–Crippen LogP) is 3.05. The Morgan fingerprint density at radius 3 is 2.52 bits per heavy atom. The van der Waals surface area contributed by atoms with Crippen LogP contribution in [0.15, 0.2) is 54.6 Å². The monoisotopic (exact) mass is 341 g/mol. The molecule has 0 bridgehead atoms. The predicted molar refractivity (Wildman–Crippen MR) is 97.7 cm³/mol. The van der Waals surface area contributed by atoms with Crippen LogP contribution in [0.2, 0.25) is 0 Å². The lowest BCUT2D eigenvalue weighted by Gasteiger charge is -2.07. The highest BCUT2D eigenvalue weighted by atomic mass is 16.5. The lowest BCUT2D eigenvalue weighted by Crippen LogP contribution is -2.20. The Balaban J connectivity index is 1.82. The van der Waals surface area contributed by atoms with Gasteiger partial charge in [0.2, 0.25) is 5.91 Å². The van der Waals surface area contributed by atoms with Gasteiger partial charge in [0.15, 0.2) is 0 Å². The smallest absolute Gasteiger partial charge is 0.244 e. The van der Waals surface area contributed by atoms with Gasteiger partial charge in [0.1, 0.15) is 18.1 Å². The van der Waals surface area contributed by atoms with Gasteiger partial charge in [-0.3, -0.25) is 4.79 Å². The summed E-state index contributed by atoms with van der Waals surface area (Å²) in [5, 5.41) is 2.85. The number of benzene rings is 2. The molecule has 2 aromatic rings. The summed E-state index contributed by atoms with van der Waals surface area (Å²) in [4.78, 5) is 12.0. The molecule has 2 rings (SSSR count). The van der Waals surface area contributed by atoms with Crippen LogP contribution in [0.5, 0.6) is 11.5 Å². The van der Waals surface area contributed by atoms with E-state index in [0.717, 1.165) is 22.6 Å². The van der Waals surface area contributed by atoms with Gasteiger partial charge >= 0.3 is 0 Å². The number of methoxy groups -OCH3 is 2. The Bertz CT molecular complexity index is 695. The second-order valence-corrected chi connectivity index (χ2v) is 5.28. The van der Waals surface area contributed by atoms with Crippen LogP contribution in [0.25, 0.3) is 6.08 Å². The number of carbonyl (C=O) groups is 1. The van der Waals surface area contributed by atoms with Crippen molar-refractivity contribution in [3.63, 3.8) is 0 Å². The molecule has 0 spiro atoms. The van der Waals surface area contributed by atoms with Gasteiger partial charge in [-0.25, -0.2) is 0 Å². The van der Waals surface area contributed by atoms with Crippen LogP contribution in [0.1, 0.15) is 11.1 Å². The Morgan fingerprint density at radius 1 is 1.04 bits per heavy atom. The molecule has 5 heteroatoms. The zero-order chi connectivity index (χ0) is 17.9. The summed E-state index contributed by atoms with van der Waals surface area (Å²) in [6, 6.07) is 15.1. The summed E-state index contributed by atoms with van der Waals surface area (Å²) in [6.45, 7) is 1.52. The molecule has 0 saturated carbocycles. The Morgan fingerprint density at radius 2 is 1.80 bits per heavy atom. The van der Waals surface area contributed by atoms with Gasteiger partial charge in [0.25, 0.3) is 0 Å². The van der Waals surface area contributed by atoms with Crippen LogP contribution in [0.3, 0.4) is 0 Å². The Kier molecular flexibility index (Phi) is 7.53. The second kappa shape index (κ2) is 10.2. The molecule has 0 heterocycles. The van der Waals surface area contributed by atoms with E-state index in [2.05, 4.69) is 5.32 Å². The molecule has 0 saturated heterocycles. The number of nitrogens with one attached hydrogen (secondary N) is 1. The van der Waals surface area contributed by atoms with E-state index in [9.17, 15) is 4.79 Å². The standard InChI is InChI=1S/C20H23NO4/c1-23-13-14-25-18-10-7-16(8-11-18)15-21-20(22)12-9-17-5-3-4-6-19(17)24-2/h3-12H,13-15H2,1-2H3,(H,21,22)/b12-9+. The maximum atomic E-state index is 12.0. The van der Waals surface area contributed by atoms with Crippen molar-refractivity contribution in [2.75, 3.05) is 27.4 Å². The first-order valence-corrected chi connectivity index (χ1v) is 8.02. The topological polar surface area (TPSA) is 56.8 Å². The molecular weight excluding hydrogens is 318 g/mol. The molecule has 132 valence electrons. The first-order chi connectivity index (χ1) is 12.2. The van der Waals surface area contributed by atoms with E-state index in [1.165, 1.54) is 6.08 Å². The zero-order valence-electron chi connectivity index (χ0n) is 14.5. The maximum Gasteiger partial charge on any atom is 0.244 e. The summed E-state index contributed by atoms with van der Waals surface area (Å²) in [6.07, 6.45) is 3.24. The average molecular weight is 341 g/mol. The summed E-state index contributed by atoms with van der Waals surface area (Å²) >= 11 is 0. The van der Waals surface area contributed by atoms with Crippen molar-refractivity contribution in [1.29, 1.82) is 0 Å². The van der Waals surface area contributed by atoms with Crippen molar-refractivity contribution in [3.05, 3.63) is 65.7 Å². The largest absolute Gasteiger partial charge is 0.496 e. The van der Waals surface area contributed by atoms with Crippen LogP contribution in [-0.4, -0.2) is 33.3 Å². The number of hydrogen-bond acceptors (Lipinski definition) is 4. The summed E-state index contributed by atoms with van der Waals surface area (Å²) in [7, 11) is 3.24. The molecule has 0 unspecified atom stereocenters. The number of amides is 1. The summed E-state index contributed by atoms with van der Waals surface area (Å²) < 4.78 is 15.7. The molecule has 5 nitrogen and oxygen atoms in total. The van der Waals surface area contributed by atoms with E-state index in [4.69, 9.17) is 14.2 Å². The minimum absolute atomic E-state index is 0.161.